The minimum Gasteiger partial charge on any atom is -0.384 e. The summed E-state index contributed by atoms with van der Waals surface area (Å²) < 4.78 is 62.5. The molecule has 4 aliphatic rings. The molecule has 12 rings (SSSR count). The number of nitrogens with one attached hydrogen (secondary N) is 1. The molecule has 2 aromatic carbocycles. The molecule has 0 amide bonds. The van der Waals surface area contributed by atoms with Gasteiger partial charge in [0.25, 0.3) is 0 Å². The maximum Gasteiger partial charge on any atom is 0.229 e. The minimum atomic E-state index is -0.645. The molecule has 0 bridgehead atoms. The van der Waals surface area contributed by atoms with E-state index in [1.807, 2.05) is 29.1 Å². The number of nitrogen functional groups attached to an aromatic ring is 1. The van der Waals surface area contributed by atoms with E-state index in [1.165, 1.54) is 55.7 Å². The lowest BCUT2D eigenvalue weighted by atomic mass is 9.90. The van der Waals surface area contributed by atoms with Crippen LogP contribution in [0.5, 0.6) is 0 Å². The van der Waals surface area contributed by atoms with Crippen molar-refractivity contribution in [3.63, 3.8) is 0 Å². The predicted octanol–water partition coefficient (Wildman–Crippen LogP) is 12.4. The van der Waals surface area contributed by atoms with Crippen LogP contribution in [0.25, 0.3) is 44.6 Å². The number of aryl methyl sites for hydroxylation is 2. The van der Waals surface area contributed by atoms with E-state index < -0.39 is 23.3 Å². The number of benzene rings is 2. The Balaban J connectivity index is 0.000000154. The van der Waals surface area contributed by atoms with E-state index in [1.54, 1.807) is 12.1 Å². The Morgan fingerprint density at radius 2 is 1.07 bits per heavy atom. The van der Waals surface area contributed by atoms with Crippen molar-refractivity contribution in [1.82, 2.24) is 58.8 Å². The molecule has 0 unspecified atom stereocenters. The van der Waals surface area contributed by atoms with E-state index in [9.17, 15) is 13.2 Å². The third-order valence-corrected chi connectivity index (χ3v) is 15.7. The smallest absolute Gasteiger partial charge is 0.229 e. The number of nitrogens with zero attached hydrogens (tertiary/aromatic N) is 12. The molecule has 76 heavy (non-hydrogen) atoms. The summed E-state index contributed by atoms with van der Waals surface area (Å²) in [6.07, 6.45) is 14.1. The number of rotatable bonds is 8. The Hall–Kier alpha value is -6.63. The number of hydrogen-bond acceptors (Lipinski definition) is 12. The van der Waals surface area contributed by atoms with Crippen molar-refractivity contribution >= 4 is 51.3 Å². The number of halogens is 5. The number of piperidine rings is 2. The maximum atomic E-state index is 15.1. The van der Waals surface area contributed by atoms with Gasteiger partial charge in [-0.3, -0.25) is 0 Å². The maximum absolute atomic E-state index is 15.1. The zero-order valence-corrected chi connectivity index (χ0v) is 44.1. The highest BCUT2D eigenvalue weighted by Gasteiger charge is 2.35. The molecule has 10 heterocycles. The molecule has 400 valence electrons. The van der Waals surface area contributed by atoms with E-state index >= 15 is 4.39 Å². The van der Waals surface area contributed by atoms with Crippen molar-refractivity contribution in [2.24, 2.45) is 0 Å². The first-order chi connectivity index (χ1) is 36.0. The Labute approximate surface area is 446 Å². The Bertz CT molecular complexity index is 3340. The van der Waals surface area contributed by atoms with Crippen LogP contribution in [0, 0.1) is 23.3 Å². The molecule has 2 saturated heterocycles. The lowest BCUT2D eigenvalue weighted by Crippen LogP contribution is -2.32. The molecule has 3 N–H and O–H groups in total. The van der Waals surface area contributed by atoms with Gasteiger partial charge >= 0.3 is 0 Å². The van der Waals surface area contributed by atoms with E-state index in [4.69, 9.17) is 17.3 Å². The van der Waals surface area contributed by atoms with Gasteiger partial charge in [-0.1, -0.05) is 33.4 Å². The molecule has 8 aromatic rings. The van der Waals surface area contributed by atoms with Gasteiger partial charge in [-0.05, 0) is 176 Å². The van der Waals surface area contributed by atoms with Crippen LogP contribution in [0.2, 0.25) is 5.28 Å². The van der Waals surface area contributed by atoms with Gasteiger partial charge < -0.3 is 30.0 Å². The highest BCUT2D eigenvalue weighted by molar-refractivity contribution is 6.28. The third kappa shape index (κ3) is 11.1. The standard InChI is InChI=1S/C28H31F2N7.C16H13ClF2N4.C12H19N3.CH4/c1-4-36-11-8-17(9-12-36)18-5-6-23(31-15-18)33-27-32-16-21(30)25(35-27)19-13-20(29)26-22(14-19)37-24(34-26)7-10-28(37,2)3;1-16(2)4-3-12-21-14-9(18)5-8(6-11(14)23(12)16)13-10(19)7-20-15(17)22-13;1-2-15-7-5-10(6-8-15)11-3-4-12(13)14-9-11;/h5-6,13-17H,4,7-12H2,1-3H3,(H,31,32,33,35);5-7H,3-4H2,1-2H3;3-4,9-10H,2,5-8H2,1H3,(H2,13,14);1H4. The molecule has 2 fully saturated rings. The van der Waals surface area contributed by atoms with Gasteiger partial charge in [0, 0.05) is 47.4 Å². The van der Waals surface area contributed by atoms with Crippen molar-refractivity contribution in [2.75, 3.05) is 50.3 Å². The van der Waals surface area contributed by atoms with Gasteiger partial charge in [0.05, 0.1) is 23.4 Å². The van der Waals surface area contributed by atoms with Gasteiger partial charge in [0.15, 0.2) is 23.3 Å². The number of anilines is 3. The van der Waals surface area contributed by atoms with E-state index in [0.29, 0.717) is 56.7 Å². The molecule has 0 spiro atoms. The summed E-state index contributed by atoms with van der Waals surface area (Å²) in [5.74, 6) is 2.04. The summed E-state index contributed by atoms with van der Waals surface area (Å²) >= 11 is 5.74. The van der Waals surface area contributed by atoms with E-state index in [0.717, 1.165) is 82.2 Å². The van der Waals surface area contributed by atoms with Crippen LogP contribution in [-0.2, 0) is 23.9 Å². The Morgan fingerprint density at radius 1 is 0.592 bits per heavy atom. The lowest BCUT2D eigenvalue weighted by Gasteiger charge is -2.31. The fraction of sp³-hybridized carbons (Fsp3) is 0.439. The third-order valence-electron chi connectivity index (χ3n) is 15.6. The molecule has 0 aliphatic carbocycles. The minimum absolute atomic E-state index is 0. The quantitative estimate of drug-likeness (QED) is 0.110. The highest BCUT2D eigenvalue weighted by atomic mass is 35.5. The Kier molecular flexibility index (Phi) is 15.8. The monoisotopic (exact) mass is 1060 g/mol. The van der Waals surface area contributed by atoms with Crippen LogP contribution < -0.4 is 11.1 Å². The summed E-state index contributed by atoms with van der Waals surface area (Å²) in [6, 6.07) is 14.0. The zero-order chi connectivity index (χ0) is 52.8. The number of pyridine rings is 2. The molecular weight excluding hydrogens is 992 g/mol. The molecule has 4 aliphatic heterocycles. The van der Waals surface area contributed by atoms with Gasteiger partial charge in [-0.2, -0.15) is 0 Å². The lowest BCUT2D eigenvalue weighted by molar-refractivity contribution is 0.222. The number of aromatic nitrogens is 10. The Morgan fingerprint density at radius 3 is 1.53 bits per heavy atom. The summed E-state index contributed by atoms with van der Waals surface area (Å²) in [5.41, 5.74) is 10.4. The van der Waals surface area contributed by atoms with Gasteiger partial charge in [-0.25, -0.2) is 57.4 Å². The van der Waals surface area contributed by atoms with E-state index in [2.05, 4.69) is 113 Å². The van der Waals surface area contributed by atoms with Crippen LogP contribution in [0.3, 0.4) is 0 Å². The number of likely N-dealkylation sites (tertiary alicyclic amines) is 2. The van der Waals surface area contributed by atoms with Crippen molar-refractivity contribution in [1.29, 1.82) is 0 Å². The molecule has 6 aromatic heterocycles. The number of fused-ring (bicyclic) bond motifs is 6. The molecule has 0 atom stereocenters. The van der Waals surface area contributed by atoms with Gasteiger partial charge in [0.2, 0.25) is 11.2 Å². The van der Waals surface area contributed by atoms with Crippen LogP contribution in [-0.4, -0.2) is 98.1 Å². The molecule has 0 saturated carbocycles. The summed E-state index contributed by atoms with van der Waals surface area (Å²) in [5, 5.41) is 2.99. The molecule has 14 nitrogen and oxygen atoms in total. The van der Waals surface area contributed by atoms with Gasteiger partial charge in [-0.15, -0.1) is 0 Å². The zero-order valence-electron chi connectivity index (χ0n) is 43.3. The van der Waals surface area contributed by atoms with Crippen LogP contribution in [0.15, 0.2) is 73.3 Å². The fourth-order valence-corrected chi connectivity index (χ4v) is 11.4. The normalized spacial score (nSPS) is 17.4. The highest BCUT2D eigenvalue weighted by Crippen LogP contribution is 2.40. The average Bonchev–Trinajstić information content (AvgIpc) is 4.20. The summed E-state index contributed by atoms with van der Waals surface area (Å²) in [7, 11) is 0. The summed E-state index contributed by atoms with van der Waals surface area (Å²) in [6.45, 7) is 19.7. The van der Waals surface area contributed by atoms with E-state index in [-0.39, 0.29) is 41.1 Å². The predicted molar refractivity (Wildman–Crippen MR) is 293 cm³/mol. The molecular formula is C57H67ClF4N14. The van der Waals surface area contributed by atoms with Gasteiger partial charge in [0.1, 0.15) is 45.7 Å². The van der Waals surface area contributed by atoms with Crippen molar-refractivity contribution in [3.05, 3.63) is 125 Å². The largest absolute Gasteiger partial charge is 0.384 e. The summed E-state index contributed by atoms with van der Waals surface area (Å²) in [4.78, 5) is 38.5. The van der Waals surface area contributed by atoms with Crippen molar-refractivity contribution in [3.8, 4) is 22.5 Å². The number of hydrogen-bond donors (Lipinski definition) is 2. The van der Waals surface area contributed by atoms with Crippen molar-refractivity contribution in [2.45, 2.75) is 123 Å². The van der Waals surface area contributed by atoms with Crippen LogP contribution in [0.1, 0.15) is 122 Å². The molecule has 19 heteroatoms. The first-order valence-corrected chi connectivity index (χ1v) is 26.4. The molecule has 0 radical (unpaired) electrons. The second-order valence-electron chi connectivity index (χ2n) is 21.3. The SMILES string of the molecule is C.CC1(C)CCc2nc3c(F)cc(-c4nc(Cl)ncc4F)cc3n21.CCN1CCC(c2ccc(N)nc2)CC1.CCN1CCC(c2ccc(Nc3ncc(F)c(-c4cc(F)c5nc6n(c5c4)C(C)(C)CC6)n3)nc2)CC1. The van der Waals surface area contributed by atoms with Crippen LogP contribution in [0.4, 0.5) is 35.1 Å². The fourth-order valence-electron chi connectivity index (χ4n) is 11.2. The first kappa shape index (κ1) is 54.2. The first-order valence-electron chi connectivity index (χ1n) is 26.0. The average molecular weight is 1060 g/mol. The van der Waals surface area contributed by atoms with Crippen LogP contribution >= 0.6 is 11.6 Å². The second-order valence-corrected chi connectivity index (χ2v) is 21.6. The second kappa shape index (κ2) is 22.1. The topological polar surface area (TPSA) is 158 Å². The number of imidazole rings is 2. The van der Waals surface area contributed by atoms with Crippen molar-refractivity contribution < 1.29 is 17.6 Å². The number of nitrogens with two attached hydrogens (primary N) is 1.